The Labute approximate surface area is 157 Å². The van der Waals surface area contributed by atoms with E-state index < -0.39 is 0 Å². The van der Waals surface area contributed by atoms with E-state index in [-0.39, 0.29) is 5.56 Å². The van der Waals surface area contributed by atoms with Gasteiger partial charge in [0.05, 0.1) is 17.9 Å². The summed E-state index contributed by atoms with van der Waals surface area (Å²) in [5.41, 5.74) is 1.97. The summed E-state index contributed by atoms with van der Waals surface area (Å²) in [6.07, 6.45) is 1.77. The fourth-order valence-corrected chi connectivity index (χ4v) is 3.62. The number of halogens is 1. The number of H-pyrrole nitrogens is 1. The van der Waals surface area contributed by atoms with Gasteiger partial charge in [0.25, 0.3) is 0 Å². The number of benzene rings is 1. The molecule has 136 valence electrons. The first-order chi connectivity index (χ1) is 12.6. The van der Waals surface area contributed by atoms with E-state index in [2.05, 4.69) is 26.3 Å². The van der Waals surface area contributed by atoms with Crippen molar-refractivity contribution in [3.05, 3.63) is 64.3 Å². The van der Waals surface area contributed by atoms with E-state index >= 15 is 0 Å². The van der Waals surface area contributed by atoms with Crippen molar-refractivity contribution in [2.24, 2.45) is 0 Å². The van der Waals surface area contributed by atoms with Crippen molar-refractivity contribution < 1.29 is 4.74 Å². The molecule has 0 spiro atoms. The Bertz CT molecular complexity index is 854. The number of aromatic nitrogens is 1. The van der Waals surface area contributed by atoms with Gasteiger partial charge in [-0.2, -0.15) is 0 Å². The normalized spacial score (nSPS) is 16.9. The van der Waals surface area contributed by atoms with E-state index in [1.807, 2.05) is 24.3 Å². The minimum Gasteiger partial charge on any atom is -0.489 e. The number of pyridine rings is 1. The number of ether oxygens (including phenoxy) is 1. The maximum atomic E-state index is 11.2. The maximum absolute atomic E-state index is 11.2. The summed E-state index contributed by atoms with van der Waals surface area (Å²) < 4.78 is 5.73. The van der Waals surface area contributed by atoms with E-state index in [0.717, 1.165) is 55.7 Å². The molecule has 0 radical (unpaired) electrons. The van der Waals surface area contributed by atoms with E-state index in [4.69, 9.17) is 16.3 Å². The lowest BCUT2D eigenvalue weighted by molar-refractivity contribution is 0.281. The highest BCUT2D eigenvalue weighted by Crippen LogP contribution is 2.36. The van der Waals surface area contributed by atoms with Gasteiger partial charge in [-0.15, -0.1) is 0 Å². The maximum Gasteiger partial charge on any atom is 0.248 e. The summed E-state index contributed by atoms with van der Waals surface area (Å²) in [7, 11) is 0. The summed E-state index contributed by atoms with van der Waals surface area (Å²) in [6.45, 7) is 9.22. The fourth-order valence-electron chi connectivity index (χ4n) is 3.45. The molecular weight excluding hydrogens is 352 g/mol. The third-order valence-electron chi connectivity index (χ3n) is 4.87. The van der Waals surface area contributed by atoms with E-state index in [0.29, 0.717) is 11.6 Å². The lowest BCUT2D eigenvalue weighted by Gasteiger charge is -2.42. The Morgan fingerprint density at radius 2 is 1.92 bits per heavy atom. The monoisotopic (exact) mass is 372 g/mol. The Morgan fingerprint density at radius 1 is 1.12 bits per heavy atom. The molecule has 3 heterocycles. The first-order valence-electron chi connectivity index (χ1n) is 8.69. The van der Waals surface area contributed by atoms with Gasteiger partial charge in [0.1, 0.15) is 18.2 Å². The zero-order valence-corrected chi connectivity index (χ0v) is 15.2. The highest BCUT2D eigenvalue weighted by molar-refractivity contribution is 6.30. The molecule has 1 aromatic heterocycles. The van der Waals surface area contributed by atoms with E-state index in [9.17, 15) is 4.79 Å². The van der Waals surface area contributed by atoms with Crippen LogP contribution in [0.5, 0.6) is 5.75 Å². The van der Waals surface area contributed by atoms with Gasteiger partial charge in [0.2, 0.25) is 5.56 Å². The molecule has 1 N–H and O–H groups in total. The van der Waals surface area contributed by atoms with Gasteiger partial charge in [0, 0.05) is 49.5 Å². The molecule has 7 heteroatoms. The van der Waals surface area contributed by atoms with Gasteiger partial charge in [0.15, 0.2) is 0 Å². The summed E-state index contributed by atoms with van der Waals surface area (Å²) in [5.74, 6) is 1.79. The van der Waals surface area contributed by atoms with Gasteiger partial charge >= 0.3 is 0 Å². The van der Waals surface area contributed by atoms with Crippen LogP contribution < -0.4 is 20.1 Å². The lowest BCUT2D eigenvalue weighted by atomic mass is 10.2. The molecule has 4 rings (SSSR count). The molecule has 1 fully saturated rings. The zero-order chi connectivity index (χ0) is 18.1. The van der Waals surface area contributed by atoms with Crippen molar-refractivity contribution in [2.45, 2.75) is 0 Å². The highest BCUT2D eigenvalue weighted by Gasteiger charge is 2.26. The number of rotatable bonds is 3. The number of fused-ring (bicyclic) bond motifs is 1. The van der Waals surface area contributed by atoms with Crippen LogP contribution in [-0.2, 0) is 0 Å². The number of anilines is 2. The average Bonchev–Trinajstić information content (AvgIpc) is 2.67. The van der Waals surface area contributed by atoms with Crippen LogP contribution in [0.2, 0.25) is 5.02 Å². The Morgan fingerprint density at radius 3 is 2.65 bits per heavy atom. The molecule has 1 saturated heterocycles. The average molecular weight is 373 g/mol. The first-order valence-corrected chi connectivity index (χ1v) is 9.07. The number of aromatic amines is 1. The third-order valence-corrected chi connectivity index (χ3v) is 5.11. The second-order valence-electron chi connectivity index (χ2n) is 6.41. The van der Waals surface area contributed by atoms with Gasteiger partial charge in [-0.3, -0.25) is 4.79 Å². The summed E-state index contributed by atoms with van der Waals surface area (Å²) in [5, 5.41) is 0.672. The molecule has 0 saturated carbocycles. The Balaban J connectivity index is 1.44. The smallest absolute Gasteiger partial charge is 0.248 e. The molecule has 0 atom stereocenters. The standard InChI is InChI=1S/C19H21ClN4O2/c1-14(24-10-11-26-18-12-15(20)2-4-17(18)24)22-6-8-23(9-7-22)16-3-5-19(25)21-13-16/h2-5,12-13H,1,6-11H2,(H,21,25). The fraction of sp³-hybridized carbons (Fsp3) is 0.316. The van der Waals surface area contributed by atoms with E-state index in [1.165, 1.54) is 0 Å². The van der Waals surface area contributed by atoms with Gasteiger partial charge < -0.3 is 24.4 Å². The van der Waals surface area contributed by atoms with Crippen LogP contribution in [-0.4, -0.2) is 49.2 Å². The molecule has 2 aromatic rings. The highest BCUT2D eigenvalue weighted by atomic mass is 35.5. The Kier molecular flexibility index (Phi) is 4.51. The van der Waals surface area contributed by atoms with Crippen LogP contribution in [0.1, 0.15) is 0 Å². The number of nitrogens with one attached hydrogen (secondary N) is 1. The van der Waals surface area contributed by atoms with Crippen LogP contribution in [0.15, 0.2) is 53.7 Å². The second-order valence-corrected chi connectivity index (χ2v) is 6.85. The molecule has 0 aliphatic carbocycles. The minimum absolute atomic E-state index is 0.0770. The molecule has 0 amide bonds. The molecular formula is C19H21ClN4O2. The Hall–Kier alpha value is -2.60. The van der Waals surface area contributed by atoms with Crippen molar-refractivity contribution in [1.29, 1.82) is 0 Å². The summed E-state index contributed by atoms with van der Waals surface area (Å²) in [4.78, 5) is 20.7. The van der Waals surface area contributed by atoms with Crippen molar-refractivity contribution in [1.82, 2.24) is 9.88 Å². The van der Waals surface area contributed by atoms with Crippen LogP contribution in [0.25, 0.3) is 0 Å². The number of nitrogens with zero attached hydrogens (tertiary/aromatic N) is 3. The topological polar surface area (TPSA) is 51.8 Å². The SMILES string of the molecule is C=C(N1CCN(c2ccc(=O)[nH]c2)CC1)N1CCOc2cc(Cl)ccc21. The van der Waals surface area contributed by atoms with Crippen LogP contribution >= 0.6 is 11.6 Å². The van der Waals surface area contributed by atoms with Gasteiger partial charge in [-0.1, -0.05) is 18.2 Å². The van der Waals surface area contributed by atoms with Crippen molar-refractivity contribution in [3.8, 4) is 5.75 Å². The molecule has 0 bridgehead atoms. The number of piperazine rings is 1. The number of hydrogen-bond donors (Lipinski definition) is 1. The van der Waals surface area contributed by atoms with Crippen LogP contribution in [0.3, 0.4) is 0 Å². The van der Waals surface area contributed by atoms with Crippen molar-refractivity contribution in [2.75, 3.05) is 49.1 Å². The second kappa shape index (κ2) is 6.96. The van der Waals surface area contributed by atoms with Gasteiger partial charge in [-0.05, 0) is 18.2 Å². The van der Waals surface area contributed by atoms with Crippen LogP contribution in [0.4, 0.5) is 11.4 Å². The molecule has 2 aliphatic heterocycles. The molecule has 26 heavy (non-hydrogen) atoms. The molecule has 2 aliphatic rings. The molecule has 6 nitrogen and oxygen atoms in total. The van der Waals surface area contributed by atoms with Crippen molar-refractivity contribution >= 4 is 23.0 Å². The van der Waals surface area contributed by atoms with Gasteiger partial charge in [-0.25, -0.2) is 0 Å². The third kappa shape index (κ3) is 3.24. The van der Waals surface area contributed by atoms with E-state index in [1.54, 1.807) is 12.3 Å². The van der Waals surface area contributed by atoms with Crippen molar-refractivity contribution in [3.63, 3.8) is 0 Å². The lowest BCUT2D eigenvalue weighted by Crippen LogP contribution is -2.49. The number of hydrogen-bond acceptors (Lipinski definition) is 5. The molecule has 1 aromatic carbocycles. The zero-order valence-electron chi connectivity index (χ0n) is 14.4. The summed E-state index contributed by atoms with van der Waals surface area (Å²) in [6, 6.07) is 9.15. The van der Waals surface area contributed by atoms with Crippen LogP contribution in [0, 0.1) is 0 Å². The first kappa shape index (κ1) is 16.8. The quantitative estimate of drug-likeness (QED) is 0.897. The predicted octanol–water partition coefficient (Wildman–Crippen LogP) is 2.52. The minimum atomic E-state index is -0.0770. The molecule has 0 unspecified atom stereocenters. The summed E-state index contributed by atoms with van der Waals surface area (Å²) >= 11 is 6.08. The predicted molar refractivity (Wildman–Crippen MR) is 104 cm³/mol. The largest absolute Gasteiger partial charge is 0.489 e.